The van der Waals surface area contributed by atoms with Crippen molar-refractivity contribution in [3.05, 3.63) is 44.3 Å². The number of rotatable bonds is 2. The fourth-order valence-electron chi connectivity index (χ4n) is 7.99. The molecule has 0 radical (unpaired) electrons. The van der Waals surface area contributed by atoms with Crippen LogP contribution in [0.5, 0.6) is 11.5 Å². The molecule has 2 aromatic carbocycles. The van der Waals surface area contributed by atoms with Gasteiger partial charge in [-0.3, -0.25) is 9.59 Å². The molecule has 0 aromatic heterocycles. The minimum absolute atomic E-state index is 0.0891. The average Bonchev–Trinajstić information content (AvgIpc) is 3.08. The topological polar surface area (TPSA) is 123 Å². The van der Waals surface area contributed by atoms with E-state index in [1.165, 1.54) is 11.1 Å². The molecule has 6 aliphatic heterocycles. The van der Waals surface area contributed by atoms with Crippen LogP contribution in [0.15, 0.2) is 43.4 Å². The van der Waals surface area contributed by atoms with Crippen LogP contribution >= 0.6 is 31.9 Å². The van der Waals surface area contributed by atoms with Crippen molar-refractivity contribution < 1.29 is 19.1 Å². The third-order valence-electron chi connectivity index (χ3n) is 10.8. The Hall–Kier alpha value is -3.20. The summed E-state index contributed by atoms with van der Waals surface area (Å²) < 4.78 is 13.9. The summed E-state index contributed by atoms with van der Waals surface area (Å²) in [6.07, 6.45) is 2.24. The van der Waals surface area contributed by atoms with Crippen molar-refractivity contribution in [2.24, 2.45) is 22.0 Å². The number of hydrogen-bond acceptors (Lipinski definition) is 10. The Morgan fingerprint density at radius 3 is 1.76 bits per heavy atom. The summed E-state index contributed by atoms with van der Waals surface area (Å²) in [4.78, 5) is 30.5. The molecule has 262 valence electrons. The fourth-order valence-corrected chi connectivity index (χ4v) is 9.22. The van der Waals surface area contributed by atoms with E-state index in [1.54, 1.807) is 0 Å². The zero-order valence-electron chi connectivity index (χ0n) is 28.6. The molecule has 2 amide bonds. The van der Waals surface area contributed by atoms with Gasteiger partial charge in [0.2, 0.25) is 0 Å². The number of nitrogens with one attached hydrogen (secondary N) is 3. The minimum Gasteiger partial charge on any atom is -0.483 e. The quantitative estimate of drug-likeness (QED) is 0.399. The van der Waals surface area contributed by atoms with Crippen LogP contribution in [0.2, 0.25) is 0 Å². The lowest BCUT2D eigenvalue weighted by Gasteiger charge is -2.40. The Labute approximate surface area is 304 Å². The van der Waals surface area contributed by atoms with Crippen molar-refractivity contribution in [3.8, 4) is 11.5 Å². The Bertz CT molecular complexity index is 1720. The Morgan fingerprint density at radius 1 is 0.755 bits per heavy atom. The number of fused-ring (bicyclic) bond motifs is 6. The Balaban J connectivity index is 0.000000154. The fraction of sp³-hybridized carbons (Fsp3) is 0.543. The maximum absolute atomic E-state index is 12.1. The Kier molecular flexibility index (Phi) is 9.68. The normalized spacial score (nSPS) is 29.2. The standard InChI is InChI=1S/C18H23BrN4O2.C17H21BrN4O2/c1-10-8-22(3)5-4-12(10)13-6-15-16(7-14(13)19)25-9-17-20-21-18(24)11(2)23(15)17;1-9-7-19-4-3-11(9)12-5-14-15(6-13(12)18)24-8-16-20-21-17(23)10(2)22(14)16/h6-7,10-12H,4-5,8-9H2,1-3H3,(H,21,24);5-6,9-11,19H,3-4,7-8H2,1-2H3,(H,21,23)/t10-,11+,12+;9-,10+,11+/m00/s1. The number of amidine groups is 2. The van der Waals surface area contributed by atoms with Crippen LogP contribution in [-0.2, 0) is 9.59 Å². The number of likely N-dealkylation sites (tertiary alicyclic amines) is 1. The van der Waals surface area contributed by atoms with E-state index >= 15 is 0 Å². The molecule has 12 nitrogen and oxygen atoms in total. The van der Waals surface area contributed by atoms with Crippen molar-refractivity contribution >= 4 is 66.7 Å². The summed E-state index contributed by atoms with van der Waals surface area (Å²) in [5.74, 6) is 5.05. The molecule has 0 aliphatic carbocycles. The van der Waals surface area contributed by atoms with E-state index in [4.69, 9.17) is 9.47 Å². The summed E-state index contributed by atoms with van der Waals surface area (Å²) in [5, 5.41) is 11.8. The van der Waals surface area contributed by atoms with Crippen LogP contribution in [0.1, 0.15) is 63.5 Å². The summed E-state index contributed by atoms with van der Waals surface area (Å²) in [5.41, 5.74) is 9.60. The molecule has 2 fully saturated rings. The van der Waals surface area contributed by atoms with Gasteiger partial charge in [-0.2, -0.15) is 10.2 Å². The molecule has 0 saturated carbocycles. The lowest BCUT2D eigenvalue weighted by atomic mass is 9.81. The van der Waals surface area contributed by atoms with E-state index in [9.17, 15) is 9.59 Å². The second kappa shape index (κ2) is 13.8. The monoisotopic (exact) mass is 798 g/mol. The smallest absolute Gasteiger partial charge is 0.262 e. The summed E-state index contributed by atoms with van der Waals surface area (Å²) in [6, 6.07) is 7.87. The molecule has 6 atom stereocenters. The second-order valence-electron chi connectivity index (χ2n) is 14.1. The Morgan fingerprint density at radius 2 is 1.27 bits per heavy atom. The maximum atomic E-state index is 12.1. The van der Waals surface area contributed by atoms with Crippen LogP contribution in [0.4, 0.5) is 11.4 Å². The van der Waals surface area contributed by atoms with Crippen LogP contribution in [0, 0.1) is 11.8 Å². The first-order chi connectivity index (χ1) is 23.5. The van der Waals surface area contributed by atoms with Gasteiger partial charge in [-0.05, 0) is 112 Å². The van der Waals surface area contributed by atoms with Gasteiger partial charge in [0, 0.05) is 15.5 Å². The third-order valence-corrected chi connectivity index (χ3v) is 12.1. The zero-order chi connectivity index (χ0) is 34.6. The van der Waals surface area contributed by atoms with E-state index in [1.807, 2.05) is 35.8 Å². The first-order valence-corrected chi connectivity index (χ1v) is 18.7. The largest absolute Gasteiger partial charge is 0.483 e. The molecule has 0 spiro atoms. The predicted octanol–water partition coefficient (Wildman–Crippen LogP) is 4.73. The summed E-state index contributed by atoms with van der Waals surface area (Å²) in [6.45, 7) is 13.4. The molecule has 8 rings (SSSR count). The van der Waals surface area contributed by atoms with Gasteiger partial charge in [0.25, 0.3) is 11.8 Å². The van der Waals surface area contributed by atoms with Crippen LogP contribution in [0.3, 0.4) is 0 Å². The van der Waals surface area contributed by atoms with E-state index < -0.39 is 0 Å². The minimum atomic E-state index is -0.293. The first-order valence-electron chi connectivity index (χ1n) is 17.1. The number of amides is 2. The highest BCUT2D eigenvalue weighted by Crippen LogP contribution is 2.45. The van der Waals surface area contributed by atoms with Crippen molar-refractivity contribution in [1.82, 2.24) is 21.1 Å². The average molecular weight is 801 g/mol. The second-order valence-corrected chi connectivity index (χ2v) is 15.8. The SMILES string of the molecule is C[C@@H]1C(=O)NN=C2COc3cc(Br)c([C@@H]4CCN(C)C[C@@H]4C)cc3N21.C[C@@H]1C(=O)NN=C2COc3cc(Br)c([C@@H]4CCNC[C@@H]4C)cc3N21. The number of hydrazone groups is 2. The molecular weight excluding hydrogens is 756 g/mol. The van der Waals surface area contributed by atoms with Gasteiger partial charge >= 0.3 is 0 Å². The summed E-state index contributed by atoms with van der Waals surface area (Å²) >= 11 is 7.47. The van der Waals surface area contributed by atoms with E-state index in [0.29, 0.717) is 36.9 Å². The highest BCUT2D eigenvalue weighted by atomic mass is 79.9. The van der Waals surface area contributed by atoms with Gasteiger partial charge in [-0.15, -0.1) is 0 Å². The molecule has 49 heavy (non-hydrogen) atoms. The maximum Gasteiger partial charge on any atom is 0.262 e. The van der Waals surface area contributed by atoms with Gasteiger partial charge in [0.1, 0.15) is 36.8 Å². The first kappa shape index (κ1) is 34.3. The van der Waals surface area contributed by atoms with Crippen molar-refractivity contribution in [1.29, 1.82) is 0 Å². The highest BCUT2D eigenvalue weighted by Gasteiger charge is 2.38. The van der Waals surface area contributed by atoms with Gasteiger partial charge in [-0.1, -0.05) is 45.7 Å². The molecule has 6 heterocycles. The van der Waals surface area contributed by atoms with Gasteiger partial charge < -0.3 is 29.5 Å². The molecule has 0 unspecified atom stereocenters. The number of piperidine rings is 2. The molecule has 2 aromatic rings. The predicted molar refractivity (Wildman–Crippen MR) is 198 cm³/mol. The third kappa shape index (κ3) is 6.45. The van der Waals surface area contributed by atoms with E-state index in [0.717, 1.165) is 82.5 Å². The van der Waals surface area contributed by atoms with Gasteiger partial charge in [0.05, 0.1) is 11.4 Å². The van der Waals surface area contributed by atoms with Crippen molar-refractivity contribution in [3.63, 3.8) is 0 Å². The zero-order valence-corrected chi connectivity index (χ0v) is 31.7. The molecule has 3 N–H and O–H groups in total. The number of anilines is 2. The molecule has 14 heteroatoms. The van der Waals surface area contributed by atoms with Gasteiger partial charge in [0.15, 0.2) is 11.7 Å². The number of ether oxygens (including phenoxy) is 2. The molecule has 6 aliphatic rings. The molecule has 2 saturated heterocycles. The number of halogens is 2. The van der Waals surface area contributed by atoms with E-state index in [2.05, 4.69) is 96.2 Å². The van der Waals surface area contributed by atoms with Crippen LogP contribution in [-0.4, -0.2) is 86.9 Å². The van der Waals surface area contributed by atoms with Crippen molar-refractivity contribution in [2.75, 3.05) is 56.2 Å². The number of carbonyl (C=O) groups is 2. The number of hydrogen-bond donors (Lipinski definition) is 3. The van der Waals surface area contributed by atoms with Crippen LogP contribution in [0.25, 0.3) is 0 Å². The summed E-state index contributed by atoms with van der Waals surface area (Å²) in [7, 11) is 2.18. The molecular formula is C35H44Br2N8O4. The molecule has 0 bridgehead atoms. The lowest BCUT2D eigenvalue weighted by molar-refractivity contribution is -0.123. The van der Waals surface area contributed by atoms with E-state index in [-0.39, 0.29) is 23.9 Å². The lowest BCUT2D eigenvalue weighted by Crippen LogP contribution is -2.55. The highest BCUT2D eigenvalue weighted by molar-refractivity contribution is 9.10. The van der Waals surface area contributed by atoms with Crippen molar-refractivity contribution in [2.45, 2.75) is 64.5 Å². The number of benzene rings is 2. The number of carbonyl (C=O) groups excluding carboxylic acids is 2. The van der Waals surface area contributed by atoms with Crippen LogP contribution < -0.4 is 35.4 Å². The number of nitrogens with zero attached hydrogens (tertiary/aromatic N) is 5. The van der Waals surface area contributed by atoms with Gasteiger partial charge in [-0.25, -0.2) is 10.9 Å².